The van der Waals surface area contributed by atoms with Gasteiger partial charge < -0.3 is 19.5 Å². The fraction of sp³-hybridized carbons (Fsp3) is 0.682. The number of hydrogen-bond acceptors (Lipinski definition) is 5. The van der Waals surface area contributed by atoms with Crippen molar-refractivity contribution in [2.24, 2.45) is 5.92 Å². The summed E-state index contributed by atoms with van der Waals surface area (Å²) in [5.41, 5.74) is 1.12. The van der Waals surface area contributed by atoms with Crippen LogP contribution in [0.3, 0.4) is 0 Å². The lowest BCUT2D eigenvalue weighted by Gasteiger charge is -2.35. The van der Waals surface area contributed by atoms with Crippen LogP contribution in [0.15, 0.2) is 18.2 Å². The molecule has 0 radical (unpaired) electrons. The minimum Gasteiger partial charge on any atom is -0.493 e. The molecule has 1 aliphatic carbocycles. The Balaban J connectivity index is 1.64. The second kappa shape index (κ2) is 10.7. The number of benzene rings is 1. The van der Waals surface area contributed by atoms with Gasteiger partial charge in [-0.05, 0) is 30.0 Å². The quantitative estimate of drug-likeness (QED) is 0.702. The van der Waals surface area contributed by atoms with Gasteiger partial charge in [0.2, 0.25) is 5.91 Å². The third kappa shape index (κ3) is 5.61. The van der Waals surface area contributed by atoms with Crippen LogP contribution in [0.25, 0.3) is 0 Å². The topological polar surface area (TPSA) is 60.0 Å². The van der Waals surface area contributed by atoms with Crippen LogP contribution in [-0.4, -0.2) is 57.9 Å². The van der Waals surface area contributed by atoms with Crippen molar-refractivity contribution in [3.8, 4) is 11.5 Å². The average molecular weight is 391 g/mol. The Morgan fingerprint density at radius 1 is 1.18 bits per heavy atom. The van der Waals surface area contributed by atoms with E-state index in [0.717, 1.165) is 44.2 Å². The molecule has 1 saturated heterocycles. The summed E-state index contributed by atoms with van der Waals surface area (Å²) in [5.74, 6) is 2.33. The summed E-state index contributed by atoms with van der Waals surface area (Å²) >= 11 is 0. The highest BCUT2D eigenvalue weighted by Gasteiger charge is 2.24. The van der Waals surface area contributed by atoms with E-state index < -0.39 is 0 Å². The number of carbonyl (C=O) groups is 1. The summed E-state index contributed by atoms with van der Waals surface area (Å²) in [6.45, 7) is 3.76. The van der Waals surface area contributed by atoms with Crippen molar-refractivity contribution < 1.29 is 19.0 Å². The molecule has 1 N–H and O–H groups in total. The molecule has 1 unspecified atom stereocenters. The van der Waals surface area contributed by atoms with Crippen LogP contribution in [0, 0.1) is 5.92 Å². The number of ether oxygens (including phenoxy) is 3. The largest absolute Gasteiger partial charge is 0.493 e. The molecule has 1 aromatic rings. The molecule has 1 amide bonds. The lowest BCUT2D eigenvalue weighted by molar-refractivity contribution is -0.121. The smallest absolute Gasteiger partial charge is 0.220 e. The highest BCUT2D eigenvalue weighted by atomic mass is 16.5. The van der Waals surface area contributed by atoms with Crippen molar-refractivity contribution in [3.05, 3.63) is 23.8 Å². The van der Waals surface area contributed by atoms with Crippen LogP contribution in [0.4, 0.5) is 0 Å². The van der Waals surface area contributed by atoms with Gasteiger partial charge in [-0.2, -0.15) is 0 Å². The van der Waals surface area contributed by atoms with Gasteiger partial charge in [0, 0.05) is 26.1 Å². The Bertz CT molecular complexity index is 625. The normalized spacial score (nSPS) is 19.4. The zero-order valence-electron chi connectivity index (χ0n) is 17.2. The van der Waals surface area contributed by atoms with Crippen molar-refractivity contribution in [3.63, 3.8) is 0 Å². The Hall–Kier alpha value is -1.79. The molecule has 6 heteroatoms. The predicted octanol–water partition coefficient (Wildman–Crippen LogP) is 3.16. The first-order chi connectivity index (χ1) is 13.7. The van der Waals surface area contributed by atoms with Crippen molar-refractivity contribution in [1.29, 1.82) is 0 Å². The first kappa shape index (κ1) is 20.9. The molecule has 0 aromatic heterocycles. The number of nitrogens with zero attached hydrogens (tertiary/aromatic N) is 1. The van der Waals surface area contributed by atoms with Crippen LogP contribution >= 0.6 is 0 Å². The lowest BCUT2D eigenvalue weighted by Crippen LogP contribution is -2.43. The van der Waals surface area contributed by atoms with Crippen molar-refractivity contribution in [2.75, 3.05) is 47.1 Å². The molecule has 2 fully saturated rings. The molecule has 1 heterocycles. The van der Waals surface area contributed by atoms with Gasteiger partial charge in [0.15, 0.2) is 11.5 Å². The SMILES string of the molecule is COc1ccc(C(CNC(=O)CCC2CCCC2)N2CCOCC2)cc1OC. The molecule has 1 aromatic carbocycles. The zero-order chi connectivity index (χ0) is 19.8. The minimum atomic E-state index is 0.0964. The number of amides is 1. The van der Waals surface area contributed by atoms with Gasteiger partial charge in [0.25, 0.3) is 0 Å². The Kier molecular flexibility index (Phi) is 7.98. The summed E-state index contributed by atoms with van der Waals surface area (Å²) < 4.78 is 16.4. The zero-order valence-corrected chi connectivity index (χ0v) is 17.2. The Morgan fingerprint density at radius 2 is 1.89 bits per heavy atom. The number of morpholine rings is 1. The third-order valence-corrected chi connectivity index (χ3v) is 6.03. The maximum Gasteiger partial charge on any atom is 0.220 e. The molecule has 1 aliphatic heterocycles. The number of hydrogen-bond donors (Lipinski definition) is 1. The van der Waals surface area contributed by atoms with Crippen molar-refractivity contribution >= 4 is 5.91 Å². The number of rotatable bonds is 9. The predicted molar refractivity (Wildman–Crippen MR) is 109 cm³/mol. The highest BCUT2D eigenvalue weighted by Crippen LogP contribution is 2.32. The summed E-state index contributed by atoms with van der Waals surface area (Å²) in [7, 11) is 3.29. The van der Waals surface area contributed by atoms with Crippen molar-refractivity contribution in [1.82, 2.24) is 10.2 Å². The molecule has 3 rings (SSSR count). The van der Waals surface area contributed by atoms with E-state index in [9.17, 15) is 4.79 Å². The van der Waals surface area contributed by atoms with E-state index in [2.05, 4.69) is 16.3 Å². The Morgan fingerprint density at radius 3 is 2.57 bits per heavy atom. The van der Waals surface area contributed by atoms with Gasteiger partial charge in [-0.3, -0.25) is 9.69 Å². The molecule has 1 saturated carbocycles. The molecular formula is C22H34N2O4. The molecule has 1 atom stereocenters. The molecule has 6 nitrogen and oxygen atoms in total. The summed E-state index contributed by atoms with van der Waals surface area (Å²) in [4.78, 5) is 14.8. The maximum atomic E-state index is 12.4. The standard InChI is InChI=1S/C22H34N2O4/c1-26-20-9-8-18(15-21(20)27-2)19(24-11-13-28-14-12-24)16-23-22(25)10-7-17-5-3-4-6-17/h8-9,15,17,19H,3-7,10-14,16H2,1-2H3,(H,23,25). The summed E-state index contributed by atoms with van der Waals surface area (Å²) in [6, 6.07) is 6.11. The van der Waals surface area contributed by atoms with E-state index in [4.69, 9.17) is 14.2 Å². The second-order valence-electron chi connectivity index (χ2n) is 7.77. The Labute approximate surface area is 168 Å². The average Bonchev–Trinajstić information content (AvgIpc) is 3.26. The number of nitrogens with one attached hydrogen (secondary N) is 1. The van der Waals surface area contributed by atoms with E-state index in [-0.39, 0.29) is 11.9 Å². The van der Waals surface area contributed by atoms with Gasteiger partial charge in [0.05, 0.1) is 33.5 Å². The van der Waals surface area contributed by atoms with Crippen LogP contribution in [-0.2, 0) is 9.53 Å². The molecule has 156 valence electrons. The number of methoxy groups -OCH3 is 2. The van der Waals surface area contributed by atoms with E-state index in [1.54, 1.807) is 14.2 Å². The molecule has 2 aliphatic rings. The minimum absolute atomic E-state index is 0.0964. The summed E-state index contributed by atoms with van der Waals surface area (Å²) in [6.07, 6.45) is 6.87. The van der Waals surface area contributed by atoms with Gasteiger partial charge in [-0.15, -0.1) is 0 Å². The van der Waals surface area contributed by atoms with E-state index in [1.807, 2.05) is 12.1 Å². The fourth-order valence-electron chi connectivity index (χ4n) is 4.34. The van der Waals surface area contributed by atoms with E-state index in [0.29, 0.717) is 24.5 Å². The fourth-order valence-corrected chi connectivity index (χ4v) is 4.34. The molecule has 28 heavy (non-hydrogen) atoms. The van der Waals surface area contributed by atoms with E-state index in [1.165, 1.54) is 25.7 Å². The monoisotopic (exact) mass is 390 g/mol. The van der Waals surface area contributed by atoms with Crippen LogP contribution < -0.4 is 14.8 Å². The van der Waals surface area contributed by atoms with Gasteiger partial charge >= 0.3 is 0 Å². The van der Waals surface area contributed by atoms with Gasteiger partial charge in [-0.1, -0.05) is 31.7 Å². The van der Waals surface area contributed by atoms with Crippen LogP contribution in [0.5, 0.6) is 11.5 Å². The number of carbonyl (C=O) groups excluding carboxylic acids is 1. The molecule has 0 bridgehead atoms. The second-order valence-corrected chi connectivity index (χ2v) is 7.77. The molecule has 0 spiro atoms. The van der Waals surface area contributed by atoms with Crippen LogP contribution in [0.2, 0.25) is 0 Å². The highest BCUT2D eigenvalue weighted by molar-refractivity contribution is 5.75. The van der Waals surface area contributed by atoms with Gasteiger partial charge in [0.1, 0.15) is 0 Å². The first-order valence-corrected chi connectivity index (χ1v) is 10.5. The first-order valence-electron chi connectivity index (χ1n) is 10.5. The molecular weight excluding hydrogens is 356 g/mol. The lowest BCUT2D eigenvalue weighted by atomic mass is 10.0. The van der Waals surface area contributed by atoms with Gasteiger partial charge in [-0.25, -0.2) is 0 Å². The summed E-state index contributed by atoms with van der Waals surface area (Å²) in [5, 5.41) is 3.18. The third-order valence-electron chi connectivity index (χ3n) is 6.03. The van der Waals surface area contributed by atoms with E-state index >= 15 is 0 Å². The maximum absolute atomic E-state index is 12.4. The van der Waals surface area contributed by atoms with Crippen molar-refractivity contribution in [2.45, 2.75) is 44.6 Å². The van der Waals surface area contributed by atoms with Crippen LogP contribution in [0.1, 0.15) is 50.1 Å².